The van der Waals surface area contributed by atoms with E-state index in [2.05, 4.69) is 36.4 Å². The van der Waals surface area contributed by atoms with E-state index < -0.39 is 9.84 Å². The zero-order valence-corrected chi connectivity index (χ0v) is 12.9. The number of para-hydroxylation sites is 1. The molecule has 0 saturated heterocycles. The van der Waals surface area contributed by atoms with Crippen LogP contribution in [0.1, 0.15) is 0 Å². The van der Waals surface area contributed by atoms with Gasteiger partial charge in [-0.15, -0.1) is 0 Å². The molecule has 3 aromatic rings. The van der Waals surface area contributed by atoms with E-state index >= 15 is 0 Å². The molecule has 0 unspecified atom stereocenters. The van der Waals surface area contributed by atoms with Gasteiger partial charge in [-0.25, -0.2) is 22.7 Å². The lowest BCUT2D eigenvalue weighted by molar-refractivity contribution is 0.587. The molecule has 10 heteroatoms. The molecule has 1 aromatic carbocycles. The van der Waals surface area contributed by atoms with Crippen LogP contribution in [0.3, 0.4) is 0 Å². The summed E-state index contributed by atoms with van der Waals surface area (Å²) in [5.74, 6) is 0.283. The van der Waals surface area contributed by atoms with E-state index in [0.717, 1.165) is 6.26 Å². The lowest BCUT2D eigenvalue weighted by atomic mass is 10.3. The van der Waals surface area contributed by atoms with E-state index in [1.54, 1.807) is 25.2 Å². The Kier molecular flexibility index (Phi) is 2.87. The molecule has 0 spiro atoms. The van der Waals surface area contributed by atoms with Gasteiger partial charge in [0.15, 0.2) is 0 Å². The fraction of sp³-hybridized carbons (Fsp3) is 0.200. The van der Waals surface area contributed by atoms with Gasteiger partial charge in [-0.3, -0.25) is 0 Å². The Balaban J connectivity index is 2.51. The SMILES string of the molecule is Cn1nnnc1-n1c(S(C)(=O)=O)nc2c(Br)cccc21. The molecule has 0 N–H and O–H groups in total. The van der Waals surface area contributed by atoms with Gasteiger partial charge < -0.3 is 0 Å². The topological polar surface area (TPSA) is 95.6 Å². The van der Waals surface area contributed by atoms with Gasteiger partial charge in [-0.2, -0.15) is 0 Å². The molecule has 3 rings (SSSR count). The second-order valence-corrected chi connectivity index (χ2v) is 6.98. The number of rotatable bonds is 2. The van der Waals surface area contributed by atoms with E-state index in [0.29, 0.717) is 15.5 Å². The maximum atomic E-state index is 12.0. The minimum absolute atomic E-state index is 0.0997. The Bertz CT molecular complexity index is 913. The van der Waals surface area contributed by atoms with Crippen LogP contribution in [0.4, 0.5) is 0 Å². The van der Waals surface area contributed by atoms with Crippen LogP contribution in [-0.4, -0.2) is 44.4 Å². The Hall–Kier alpha value is -1.81. The molecule has 104 valence electrons. The normalized spacial score (nSPS) is 12.2. The predicted molar refractivity (Wildman–Crippen MR) is 74.2 cm³/mol. The third-order valence-electron chi connectivity index (χ3n) is 2.73. The number of aromatic nitrogens is 6. The van der Waals surface area contributed by atoms with Crippen LogP contribution in [0.5, 0.6) is 0 Å². The number of hydrogen-bond donors (Lipinski definition) is 0. The number of fused-ring (bicyclic) bond motifs is 1. The van der Waals surface area contributed by atoms with Crippen molar-refractivity contribution >= 4 is 36.8 Å². The van der Waals surface area contributed by atoms with Gasteiger partial charge in [0.05, 0.1) is 5.52 Å². The van der Waals surface area contributed by atoms with E-state index in [4.69, 9.17) is 0 Å². The van der Waals surface area contributed by atoms with Gasteiger partial charge in [0.1, 0.15) is 5.52 Å². The zero-order valence-electron chi connectivity index (χ0n) is 10.5. The highest BCUT2D eigenvalue weighted by molar-refractivity contribution is 9.10. The van der Waals surface area contributed by atoms with Gasteiger partial charge in [-0.05, 0) is 38.5 Å². The second kappa shape index (κ2) is 4.35. The lowest BCUT2D eigenvalue weighted by Gasteiger charge is -2.05. The maximum Gasteiger partial charge on any atom is 0.256 e. The summed E-state index contributed by atoms with van der Waals surface area (Å²) in [4.78, 5) is 4.20. The van der Waals surface area contributed by atoms with Gasteiger partial charge in [0, 0.05) is 17.8 Å². The van der Waals surface area contributed by atoms with Crippen LogP contribution in [0.25, 0.3) is 17.0 Å². The molecular weight excluding hydrogens is 348 g/mol. The van der Waals surface area contributed by atoms with Crippen LogP contribution in [0, 0.1) is 0 Å². The molecule has 0 aliphatic carbocycles. The molecule has 8 nitrogen and oxygen atoms in total. The number of nitrogens with zero attached hydrogens (tertiary/aromatic N) is 6. The Morgan fingerprint density at radius 2 is 2.05 bits per heavy atom. The fourth-order valence-corrected chi connectivity index (χ4v) is 3.11. The standard InChI is InChI=1S/C10H9BrN6O2S/c1-16-9(13-14-15-16)17-7-5-3-4-6(11)8(7)12-10(17)20(2,18)19/h3-5H,1-2H3. The summed E-state index contributed by atoms with van der Waals surface area (Å²) in [6.07, 6.45) is 1.10. The zero-order chi connectivity index (χ0) is 14.5. The summed E-state index contributed by atoms with van der Waals surface area (Å²) >= 11 is 3.36. The second-order valence-electron chi connectivity index (χ2n) is 4.21. The fourth-order valence-electron chi connectivity index (χ4n) is 1.90. The summed E-state index contributed by atoms with van der Waals surface area (Å²) in [5.41, 5.74) is 1.15. The summed E-state index contributed by atoms with van der Waals surface area (Å²) in [6.45, 7) is 0. The molecule has 0 aliphatic heterocycles. The molecule has 0 aliphatic rings. The molecule has 0 bridgehead atoms. The van der Waals surface area contributed by atoms with Crippen molar-refractivity contribution in [3.05, 3.63) is 22.7 Å². The number of hydrogen-bond acceptors (Lipinski definition) is 6. The van der Waals surface area contributed by atoms with Crippen molar-refractivity contribution in [2.24, 2.45) is 7.05 Å². The summed E-state index contributed by atoms with van der Waals surface area (Å²) in [6, 6.07) is 5.34. The molecule has 0 atom stereocenters. The average molecular weight is 357 g/mol. The monoisotopic (exact) mass is 356 g/mol. The number of tetrazole rings is 1. The third-order valence-corrected chi connectivity index (χ3v) is 4.31. The number of imidazole rings is 1. The van der Waals surface area contributed by atoms with Crippen molar-refractivity contribution in [1.82, 2.24) is 29.8 Å². The van der Waals surface area contributed by atoms with Crippen LogP contribution >= 0.6 is 15.9 Å². The van der Waals surface area contributed by atoms with Crippen molar-refractivity contribution in [3.8, 4) is 5.95 Å². The van der Waals surface area contributed by atoms with Crippen LogP contribution in [-0.2, 0) is 16.9 Å². The van der Waals surface area contributed by atoms with Crippen molar-refractivity contribution in [2.75, 3.05) is 6.26 Å². The first kappa shape index (κ1) is 13.2. The van der Waals surface area contributed by atoms with Crippen LogP contribution in [0.2, 0.25) is 0 Å². The van der Waals surface area contributed by atoms with Crippen LogP contribution < -0.4 is 0 Å². The van der Waals surface area contributed by atoms with E-state index in [1.165, 1.54) is 9.25 Å². The molecule has 0 amide bonds. The Morgan fingerprint density at radius 3 is 2.65 bits per heavy atom. The third kappa shape index (κ3) is 1.91. The minimum atomic E-state index is -3.53. The average Bonchev–Trinajstić information content (AvgIpc) is 2.92. The Morgan fingerprint density at radius 1 is 1.30 bits per heavy atom. The molecule has 0 fully saturated rings. The molecule has 2 heterocycles. The summed E-state index contributed by atoms with van der Waals surface area (Å²) in [7, 11) is -1.90. The molecule has 0 radical (unpaired) electrons. The lowest BCUT2D eigenvalue weighted by Crippen LogP contribution is -2.12. The molecule has 20 heavy (non-hydrogen) atoms. The van der Waals surface area contributed by atoms with E-state index in [1.807, 2.05) is 0 Å². The highest BCUT2D eigenvalue weighted by atomic mass is 79.9. The van der Waals surface area contributed by atoms with Crippen molar-refractivity contribution in [1.29, 1.82) is 0 Å². The molecular formula is C10H9BrN6O2S. The molecule has 2 aromatic heterocycles. The molecule has 0 saturated carbocycles. The highest BCUT2D eigenvalue weighted by Gasteiger charge is 2.24. The van der Waals surface area contributed by atoms with Gasteiger partial charge >= 0.3 is 0 Å². The van der Waals surface area contributed by atoms with Gasteiger partial charge in [0.25, 0.3) is 5.95 Å². The number of benzene rings is 1. The first-order valence-corrected chi connectivity index (χ1v) is 8.18. The highest BCUT2D eigenvalue weighted by Crippen LogP contribution is 2.28. The Labute approximate surface area is 122 Å². The number of sulfone groups is 1. The summed E-state index contributed by atoms with van der Waals surface area (Å²) in [5, 5.41) is 11.0. The van der Waals surface area contributed by atoms with Crippen molar-refractivity contribution < 1.29 is 8.42 Å². The number of halogens is 1. The summed E-state index contributed by atoms with van der Waals surface area (Å²) < 4.78 is 27.4. The van der Waals surface area contributed by atoms with E-state index in [9.17, 15) is 8.42 Å². The predicted octanol–water partition coefficient (Wildman–Crippen LogP) is 0.715. The van der Waals surface area contributed by atoms with Gasteiger partial charge in [0.2, 0.25) is 15.0 Å². The first-order valence-electron chi connectivity index (χ1n) is 5.49. The quantitative estimate of drug-likeness (QED) is 0.671. The van der Waals surface area contributed by atoms with Crippen LogP contribution in [0.15, 0.2) is 27.8 Å². The van der Waals surface area contributed by atoms with Gasteiger partial charge in [-0.1, -0.05) is 11.2 Å². The van der Waals surface area contributed by atoms with Crippen molar-refractivity contribution in [3.63, 3.8) is 0 Å². The number of aryl methyl sites for hydroxylation is 1. The van der Waals surface area contributed by atoms with E-state index in [-0.39, 0.29) is 11.1 Å². The smallest absolute Gasteiger partial charge is 0.250 e. The largest absolute Gasteiger partial charge is 0.256 e. The van der Waals surface area contributed by atoms with Crippen molar-refractivity contribution in [2.45, 2.75) is 5.16 Å². The minimum Gasteiger partial charge on any atom is -0.250 e. The maximum absolute atomic E-state index is 12.0. The first-order chi connectivity index (χ1) is 9.39.